The number of nitrogens with two attached hydrogens (primary N) is 1. The molecule has 19 heavy (non-hydrogen) atoms. The van der Waals surface area contributed by atoms with Crippen molar-refractivity contribution in [1.29, 1.82) is 0 Å². The maximum atomic E-state index is 12.6. The molecule has 2 fully saturated rings. The van der Waals surface area contributed by atoms with Crippen molar-refractivity contribution in [1.82, 2.24) is 9.80 Å². The lowest BCUT2D eigenvalue weighted by Crippen LogP contribution is -2.54. The summed E-state index contributed by atoms with van der Waals surface area (Å²) >= 11 is 0. The number of urea groups is 1. The van der Waals surface area contributed by atoms with E-state index in [1.807, 2.05) is 9.80 Å². The van der Waals surface area contributed by atoms with E-state index < -0.39 is 0 Å². The predicted octanol–water partition coefficient (Wildman–Crippen LogP) is 1.28. The van der Waals surface area contributed by atoms with Gasteiger partial charge in [0.1, 0.15) is 0 Å². The lowest BCUT2D eigenvalue weighted by atomic mass is 9.83. The summed E-state index contributed by atoms with van der Waals surface area (Å²) in [7, 11) is 0. The van der Waals surface area contributed by atoms with Crippen LogP contribution in [0, 0.1) is 5.92 Å². The molecule has 5 nitrogen and oxygen atoms in total. The van der Waals surface area contributed by atoms with Gasteiger partial charge in [0, 0.05) is 25.7 Å². The molecular weight excluding hydrogens is 242 g/mol. The van der Waals surface area contributed by atoms with E-state index >= 15 is 0 Å². The SMILES string of the molecule is CCN(C(=O)N1CCOCC1)C1CCCCC1CN. The van der Waals surface area contributed by atoms with Gasteiger partial charge in [-0.15, -0.1) is 0 Å². The summed E-state index contributed by atoms with van der Waals surface area (Å²) in [6, 6.07) is 0.509. The van der Waals surface area contributed by atoms with E-state index in [1.54, 1.807) is 0 Å². The van der Waals surface area contributed by atoms with E-state index in [1.165, 1.54) is 12.8 Å². The second kappa shape index (κ2) is 7.10. The molecule has 1 heterocycles. The third kappa shape index (κ3) is 3.39. The largest absolute Gasteiger partial charge is 0.378 e. The molecule has 0 aromatic heterocycles. The smallest absolute Gasteiger partial charge is 0.320 e. The number of nitrogens with zero attached hydrogens (tertiary/aromatic N) is 2. The number of ether oxygens (including phenoxy) is 1. The number of carbonyl (C=O) groups excluding carboxylic acids is 1. The highest BCUT2D eigenvalue weighted by atomic mass is 16.5. The van der Waals surface area contributed by atoms with Crippen LogP contribution in [0.5, 0.6) is 0 Å². The van der Waals surface area contributed by atoms with Crippen LogP contribution in [-0.2, 0) is 4.74 Å². The number of carbonyl (C=O) groups is 1. The number of rotatable bonds is 3. The molecule has 5 heteroatoms. The third-order valence-corrected chi connectivity index (χ3v) is 4.44. The maximum absolute atomic E-state index is 12.6. The molecule has 0 bridgehead atoms. The first-order chi connectivity index (χ1) is 9.27. The molecule has 2 unspecified atom stereocenters. The zero-order chi connectivity index (χ0) is 13.7. The van der Waals surface area contributed by atoms with Crippen molar-refractivity contribution in [3.05, 3.63) is 0 Å². The Morgan fingerprint density at radius 2 is 2.00 bits per heavy atom. The van der Waals surface area contributed by atoms with E-state index in [0.29, 0.717) is 31.7 Å². The molecule has 2 atom stereocenters. The van der Waals surface area contributed by atoms with Gasteiger partial charge in [0.25, 0.3) is 0 Å². The van der Waals surface area contributed by atoms with Crippen LogP contribution in [0.1, 0.15) is 32.6 Å². The van der Waals surface area contributed by atoms with Gasteiger partial charge in [-0.1, -0.05) is 12.8 Å². The van der Waals surface area contributed by atoms with Crippen LogP contribution < -0.4 is 5.73 Å². The summed E-state index contributed by atoms with van der Waals surface area (Å²) in [5, 5.41) is 0. The molecule has 1 aliphatic heterocycles. The van der Waals surface area contributed by atoms with Crippen molar-refractivity contribution >= 4 is 6.03 Å². The normalized spacial score (nSPS) is 28.2. The van der Waals surface area contributed by atoms with E-state index in [4.69, 9.17) is 10.5 Å². The Morgan fingerprint density at radius 3 is 2.63 bits per heavy atom. The zero-order valence-electron chi connectivity index (χ0n) is 12.0. The van der Waals surface area contributed by atoms with Crippen LogP contribution in [0.4, 0.5) is 4.79 Å². The van der Waals surface area contributed by atoms with Crippen LogP contribution in [0.15, 0.2) is 0 Å². The minimum Gasteiger partial charge on any atom is -0.378 e. The molecule has 0 radical (unpaired) electrons. The fraction of sp³-hybridized carbons (Fsp3) is 0.929. The van der Waals surface area contributed by atoms with Crippen molar-refractivity contribution in [3.63, 3.8) is 0 Å². The van der Waals surface area contributed by atoms with Gasteiger partial charge >= 0.3 is 6.03 Å². The quantitative estimate of drug-likeness (QED) is 0.839. The molecule has 2 rings (SSSR count). The first-order valence-corrected chi connectivity index (χ1v) is 7.61. The molecule has 2 amide bonds. The van der Waals surface area contributed by atoms with Crippen molar-refractivity contribution in [2.24, 2.45) is 11.7 Å². The highest BCUT2D eigenvalue weighted by Crippen LogP contribution is 2.28. The molecule has 1 saturated heterocycles. The summed E-state index contributed by atoms with van der Waals surface area (Å²) in [6.07, 6.45) is 4.73. The molecule has 0 spiro atoms. The molecule has 0 aromatic rings. The third-order valence-electron chi connectivity index (χ3n) is 4.44. The van der Waals surface area contributed by atoms with Crippen molar-refractivity contribution in [2.75, 3.05) is 39.4 Å². The Balaban J connectivity index is 2.02. The van der Waals surface area contributed by atoms with Crippen LogP contribution in [0.2, 0.25) is 0 Å². The summed E-state index contributed by atoms with van der Waals surface area (Å²) in [4.78, 5) is 16.6. The average Bonchev–Trinajstić information content (AvgIpc) is 2.49. The molecule has 2 aliphatic rings. The van der Waals surface area contributed by atoms with Gasteiger partial charge in [0.05, 0.1) is 13.2 Å². The Kier molecular flexibility index (Phi) is 5.45. The molecule has 110 valence electrons. The Hall–Kier alpha value is -0.810. The molecule has 2 N–H and O–H groups in total. The monoisotopic (exact) mass is 269 g/mol. The van der Waals surface area contributed by atoms with Crippen LogP contribution >= 0.6 is 0 Å². The summed E-state index contributed by atoms with van der Waals surface area (Å²) in [5.74, 6) is 0.471. The summed E-state index contributed by atoms with van der Waals surface area (Å²) in [5.41, 5.74) is 5.89. The number of amides is 2. The van der Waals surface area contributed by atoms with Crippen molar-refractivity contribution < 1.29 is 9.53 Å². The van der Waals surface area contributed by atoms with Gasteiger partial charge in [-0.05, 0) is 32.2 Å². The second-order valence-electron chi connectivity index (χ2n) is 5.52. The molecule has 1 saturated carbocycles. The maximum Gasteiger partial charge on any atom is 0.320 e. The molecule has 1 aliphatic carbocycles. The standard InChI is InChI=1S/C14H27N3O2/c1-2-17(13-6-4-3-5-12(13)11-15)14(18)16-7-9-19-10-8-16/h12-13H,2-11,15H2,1H3. The van der Waals surface area contributed by atoms with Crippen LogP contribution in [0.3, 0.4) is 0 Å². The van der Waals surface area contributed by atoms with E-state index in [-0.39, 0.29) is 6.03 Å². The highest BCUT2D eigenvalue weighted by Gasteiger charge is 2.33. The van der Waals surface area contributed by atoms with Gasteiger partial charge in [-0.3, -0.25) is 0 Å². The van der Waals surface area contributed by atoms with Crippen molar-refractivity contribution in [2.45, 2.75) is 38.6 Å². The average molecular weight is 269 g/mol. The first kappa shape index (κ1) is 14.6. The lowest BCUT2D eigenvalue weighted by Gasteiger charge is -2.42. The van der Waals surface area contributed by atoms with Crippen LogP contribution in [-0.4, -0.2) is 61.3 Å². The fourth-order valence-corrected chi connectivity index (χ4v) is 3.32. The first-order valence-electron chi connectivity index (χ1n) is 7.61. The number of hydrogen-bond donors (Lipinski definition) is 1. The van der Waals surface area contributed by atoms with Gasteiger partial charge in [0.15, 0.2) is 0 Å². The zero-order valence-corrected chi connectivity index (χ0v) is 12.0. The summed E-state index contributed by atoms with van der Waals surface area (Å²) < 4.78 is 5.32. The van der Waals surface area contributed by atoms with Gasteiger partial charge < -0.3 is 20.3 Å². The molecule has 0 aromatic carbocycles. The van der Waals surface area contributed by atoms with Crippen molar-refractivity contribution in [3.8, 4) is 0 Å². The van der Waals surface area contributed by atoms with E-state index in [2.05, 4.69) is 6.92 Å². The predicted molar refractivity (Wildman–Crippen MR) is 75.0 cm³/mol. The Morgan fingerprint density at radius 1 is 1.32 bits per heavy atom. The topological polar surface area (TPSA) is 58.8 Å². The van der Waals surface area contributed by atoms with Crippen LogP contribution in [0.25, 0.3) is 0 Å². The summed E-state index contributed by atoms with van der Waals surface area (Å²) in [6.45, 7) is 6.29. The second-order valence-corrected chi connectivity index (χ2v) is 5.52. The lowest BCUT2D eigenvalue weighted by molar-refractivity contribution is 0.0329. The number of morpholine rings is 1. The highest BCUT2D eigenvalue weighted by molar-refractivity contribution is 5.75. The minimum atomic E-state index is 0.177. The van der Waals surface area contributed by atoms with E-state index in [9.17, 15) is 4.79 Å². The van der Waals surface area contributed by atoms with Gasteiger partial charge in [-0.25, -0.2) is 4.79 Å². The Bertz CT molecular complexity index is 292. The Labute approximate surface area is 116 Å². The molecular formula is C14H27N3O2. The number of hydrogen-bond acceptors (Lipinski definition) is 3. The van der Waals surface area contributed by atoms with Gasteiger partial charge in [0.2, 0.25) is 0 Å². The minimum absolute atomic E-state index is 0.177. The fourth-order valence-electron chi connectivity index (χ4n) is 3.32. The van der Waals surface area contributed by atoms with Gasteiger partial charge in [-0.2, -0.15) is 0 Å². The van der Waals surface area contributed by atoms with E-state index in [0.717, 1.165) is 32.5 Å².